The molecule has 0 aliphatic rings. The van der Waals surface area contributed by atoms with Gasteiger partial charge in [0.05, 0.1) is 13.2 Å². The Morgan fingerprint density at radius 1 is 1.33 bits per heavy atom. The van der Waals surface area contributed by atoms with Crippen LogP contribution in [0.25, 0.3) is 0 Å². The van der Waals surface area contributed by atoms with Crippen LogP contribution in [0, 0.1) is 0 Å². The second-order valence-electron chi connectivity index (χ2n) is 3.05. The van der Waals surface area contributed by atoms with E-state index in [1.807, 2.05) is 0 Å². The first-order valence-electron chi connectivity index (χ1n) is 4.98. The summed E-state index contributed by atoms with van der Waals surface area (Å²) >= 11 is 0. The zero-order valence-corrected chi connectivity index (χ0v) is 10.3. The molecule has 1 atom stereocenters. The number of alkyl halides is 1. The predicted molar refractivity (Wildman–Crippen MR) is 55.7 cm³/mol. The summed E-state index contributed by atoms with van der Waals surface area (Å²) in [6.07, 6.45) is -0.0715. The van der Waals surface area contributed by atoms with Crippen molar-refractivity contribution in [3.63, 3.8) is 0 Å². The second kappa shape index (κ2) is 7.09. The van der Waals surface area contributed by atoms with Gasteiger partial charge in [0.2, 0.25) is 5.91 Å². The van der Waals surface area contributed by atoms with Gasteiger partial charge in [0.1, 0.15) is 5.78 Å². The fourth-order valence-electron chi connectivity index (χ4n) is 1.04. The van der Waals surface area contributed by atoms with Crippen LogP contribution < -0.4 is 0 Å². The van der Waals surface area contributed by atoms with E-state index in [2.05, 4.69) is 0 Å². The van der Waals surface area contributed by atoms with E-state index < -0.39 is 13.5 Å². The van der Waals surface area contributed by atoms with Crippen molar-refractivity contribution in [2.75, 3.05) is 13.2 Å². The molecule has 0 aromatic carbocycles. The van der Waals surface area contributed by atoms with Crippen molar-refractivity contribution in [2.24, 2.45) is 0 Å². The molecule has 0 fully saturated rings. The van der Waals surface area contributed by atoms with Gasteiger partial charge >= 0.3 is 7.60 Å². The average molecular weight is 240 g/mol. The van der Waals surface area contributed by atoms with Gasteiger partial charge in [-0.15, -0.1) is 0 Å². The second-order valence-corrected chi connectivity index (χ2v) is 5.21. The molecule has 0 bridgehead atoms. The lowest BCUT2D eigenvalue weighted by molar-refractivity contribution is -0.117. The molecule has 0 rings (SSSR count). The number of hydrogen-bond donors (Lipinski definition) is 0. The average Bonchev–Trinajstić information content (AvgIpc) is 2.14. The Morgan fingerprint density at radius 2 is 1.80 bits per heavy atom. The maximum absolute atomic E-state index is 13.5. The third kappa shape index (κ3) is 5.40. The minimum Gasteiger partial charge on any atom is -0.307 e. The molecule has 6 heteroatoms. The van der Waals surface area contributed by atoms with Crippen LogP contribution in [0.4, 0.5) is 4.39 Å². The number of rotatable bonds is 8. The van der Waals surface area contributed by atoms with Gasteiger partial charge in [-0.2, -0.15) is 0 Å². The maximum atomic E-state index is 13.5. The molecule has 0 aromatic rings. The lowest BCUT2D eigenvalue weighted by atomic mass is 10.2. The van der Waals surface area contributed by atoms with Gasteiger partial charge in [-0.1, -0.05) is 0 Å². The standard InChI is InChI=1S/C9H18FO4P/c1-4-13-15(12,14-5-2)9(10)7-6-8(3)11/h9H,4-7H2,1-3H3. The molecule has 0 heterocycles. The summed E-state index contributed by atoms with van der Waals surface area (Å²) < 4.78 is 34.9. The summed E-state index contributed by atoms with van der Waals surface area (Å²) in [6.45, 7) is 4.83. The Hall–Kier alpha value is -0.250. The Labute approximate surface area is 89.7 Å². The smallest absolute Gasteiger partial charge is 0.307 e. The summed E-state index contributed by atoms with van der Waals surface area (Å²) in [5.41, 5.74) is 0. The van der Waals surface area contributed by atoms with E-state index in [4.69, 9.17) is 9.05 Å². The van der Waals surface area contributed by atoms with Gasteiger partial charge < -0.3 is 13.8 Å². The van der Waals surface area contributed by atoms with Crippen LogP contribution in [0.1, 0.15) is 33.6 Å². The van der Waals surface area contributed by atoms with Crippen LogP contribution >= 0.6 is 7.60 Å². The summed E-state index contributed by atoms with van der Waals surface area (Å²) in [6, 6.07) is 0. The molecule has 15 heavy (non-hydrogen) atoms. The summed E-state index contributed by atoms with van der Waals surface area (Å²) in [7, 11) is -3.69. The Morgan fingerprint density at radius 3 is 2.13 bits per heavy atom. The number of ketones is 1. The Bertz CT molecular complexity index is 234. The minimum atomic E-state index is -3.69. The number of Topliss-reactive ketones (excluding diaryl/α,β-unsaturated/α-hetero) is 1. The molecule has 0 spiro atoms. The Balaban J connectivity index is 4.34. The largest absolute Gasteiger partial charge is 0.364 e. The Kier molecular flexibility index (Phi) is 6.98. The molecule has 0 saturated heterocycles. The molecule has 0 N–H and O–H groups in total. The van der Waals surface area contributed by atoms with Crippen molar-refractivity contribution in [2.45, 2.75) is 39.5 Å². The first-order valence-corrected chi connectivity index (χ1v) is 6.59. The van der Waals surface area contributed by atoms with Crippen molar-refractivity contribution in [3.05, 3.63) is 0 Å². The zero-order chi connectivity index (χ0) is 11.9. The SMILES string of the molecule is CCOP(=O)(OCC)C(F)CCC(C)=O. The van der Waals surface area contributed by atoms with E-state index in [9.17, 15) is 13.8 Å². The quantitative estimate of drug-likeness (QED) is 0.612. The number of halogens is 1. The van der Waals surface area contributed by atoms with Crippen LogP contribution in [-0.4, -0.2) is 24.9 Å². The highest BCUT2D eigenvalue weighted by Crippen LogP contribution is 2.55. The van der Waals surface area contributed by atoms with E-state index >= 15 is 0 Å². The first kappa shape index (κ1) is 14.8. The van der Waals surface area contributed by atoms with Crippen molar-refractivity contribution in [1.82, 2.24) is 0 Å². The molecule has 0 saturated carbocycles. The summed E-state index contributed by atoms with van der Waals surface area (Å²) in [5, 5.41) is 0. The zero-order valence-electron chi connectivity index (χ0n) is 9.36. The van der Waals surface area contributed by atoms with Gasteiger partial charge in [-0.25, -0.2) is 4.39 Å². The molecule has 1 unspecified atom stereocenters. The van der Waals surface area contributed by atoms with Crippen LogP contribution in [0.15, 0.2) is 0 Å². The van der Waals surface area contributed by atoms with Crippen LogP contribution in [0.2, 0.25) is 0 Å². The maximum Gasteiger partial charge on any atom is 0.364 e. The van der Waals surface area contributed by atoms with Crippen molar-refractivity contribution < 1.29 is 22.8 Å². The monoisotopic (exact) mass is 240 g/mol. The molecule has 4 nitrogen and oxygen atoms in total. The molecular weight excluding hydrogens is 222 g/mol. The first-order chi connectivity index (χ1) is 6.96. The summed E-state index contributed by atoms with van der Waals surface area (Å²) in [5.74, 6) is -1.86. The van der Waals surface area contributed by atoms with Gasteiger partial charge in [0, 0.05) is 6.42 Å². The summed E-state index contributed by atoms with van der Waals surface area (Å²) in [4.78, 5) is 10.7. The lowest BCUT2D eigenvalue weighted by Gasteiger charge is -2.20. The fourth-order valence-corrected chi connectivity index (χ4v) is 2.60. The fraction of sp³-hybridized carbons (Fsp3) is 0.889. The highest BCUT2D eigenvalue weighted by Gasteiger charge is 2.35. The van der Waals surface area contributed by atoms with Crippen LogP contribution in [0.5, 0.6) is 0 Å². The van der Waals surface area contributed by atoms with E-state index in [0.717, 1.165) is 0 Å². The molecule has 0 radical (unpaired) electrons. The third-order valence-corrected chi connectivity index (χ3v) is 3.88. The van der Waals surface area contributed by atoms with Crippen molar-refractivity contribution >= 4 is 13.4 Å². The van der Waals surface area contributed by atoms with Crippen molar-refractivity contribution in [3.8, 4) is 0 Å². The molecular formula is C9H18FO4P. The highest BCUT2D eigenvalue weighted by molar-refractivity contribution is 7.54. The van der Waals surface area contributed by atoms with Gasteiger partial charge in [0.15, 0.2) is 0 Å². The number of carbonyl (C=O) groups excluding carboxylic acids is 1. The minimum absolute atomic E-state index is 0.0469. The van der Waals surface area contributed by atoms with E-state index in [1.54, 1.807) is 13.8 Å². The van der Waals surface area contributed by atoms with E-state index in [1.165, 1.54) is 6.92 Å². The van der Waals surface area contributed by atoms with Crippen LogP contribution in [-0.2, 0) is 18.4 Å². The topological polar surface area (TPSA) is 52.6 Å². The third-order valence-electron chi connectivity index (χ3n) is 1.70. The molecule has 90 valence electrons. The molecule has 0 aromatic heterocycles. The van der Waals surface area contributed by atoms with Gasteiger partial charge in [-0.3, -0.25) is 4.57 Å². The molecule has 0 amide bonds. The van der Waals surface area contributed by atoms with Crippen molar-refractivity contribution in [1.29, 1.82) is 0 Å². The van der Waals surface area contributed by atoms with Crippen LogP contribution in [0.3, 0.4) is 0 Å². The van der Waals surface area contributed by atoms with Gasteiger partial charge in [-0.05, 0) is 27.2 Å². The molecule has 0 aliphatic heterocycles. The lowest BCUT2D eigenvalue weighted by Crippen LogP contribution is -2.10. The number of carbonyl (C=O) groups is 1. The predicted octanol–water partition coefficient (Wildman–Crippen LogP) is 2.92. The molecule has 0 aliphatic carbocycles. The van der Waals surface area contributed by atoms with E-state index in [0.29, 0.717) is 0 Å². The van der Waals surface area contributed by atoms with Gasteiger partial charge in [0.25, 0.3) is 0 Å². The highest BCUT2D eigenvalue weighted by atomic mass is 31.2. The normalized spacial score (nSPS) is 13.9. The number of hydrogen-bond acceptors (Lipinski definition) is 4. The van der Waals surface area contributed by atoms with E-state index in [-0.39, 0.29) is 31.8 Å².